The van der Waals surface area contributed by atoms with Gasteiger partial charge in [0.15, 0.2) is 0 Å². The number of carbonyl (C=O) groups is 2. The van der Waals surface area contributed by atoms with Crippen LogP contribution in [0.3, 0.4) is 0 Å². The van der Waals surface area contributed by atoms with Crippen molar-refractivity contribution in [3.63, 3.8) is 0 Å². The van der Waals surface area contributed by atoms with Crippen molar-refractivity contribution in [3.8, 4) is 6.07 Å². The molecule has 2 unspecified atom stereocenters. The number of benzene rings is 1. The Balaban J connectivity index is 1.23. The van der Waals surface area contributed by atoms with Gasteiger partial charge >= 0.3 is 11.8 Å². The van der Waals surface area contributed by atoms with E-state index in [4.69, 9.17) is 9.16 Å². The van der Waals surface area contributed by atoms with Crippen LogP contribution in [0.25, 0.3) is 5.57 Å². The second-order valence-electron chi connectivity index (χ2n) is 12.9. The van der Waals surface area contributed by atoms with Gasteiger partial charge in [-0.25, -0.2) is 4.42 Å². The van der Waals surface area contributed by atoms with E-state index in [0.29, 0.717) is 48.8 Å². The van der Waals surface area contributed by atoms with Crippen LogP contribution in [0.5, 0.6) is 0 Å². The average molecular weight is 646 g/mol. The number of carboxylic acid groups (broad SMARTS) is 1. The van der Waals surface area contributed by atoms with E-state index in [1.807, 2.05) is 46.2 Å². The predicted molar refractivity (Wildman–Crippen MR) is 182 cm³/mol. The molecule has 4 aliphatic rings. The lowest BCUT2D eigenvalue weighted by atomic mass is 9.78. The van der Waals surface area contributed by atoms with Crippen LogP contribution >= 0.6 is 0 Å². The minimum Gasteiger partial charge on any atom is -0.488 e. The van der Waals surface area contributed by atoms with Crippen molar-refractivity contribution in [2.24, 2.45) is 11.8 Å². The number of ketones is 1. The highest BCUT2D eigenvalue weighted by molar-refractivity contribution is 6.07. The summed E-state index contributed by atoms with van der Waals surface area (Å²) < 4.78 is 12.7. The molecular weight excluding hydrogens is 604 g/mol. The Kier molecular flexibility index (Phi) is 9.83. The first-order valence-electron chi connectivity index (χ1n) is 16.5. The molecule has 9 heteroatoms. The zero-order valence-electron chi connectivity index (χ0n) is 27.5. The van der Waals surface area contributed by atoms with Crippen molar-refractivity contribution in [3.05, 3.63) is 118 Å². The lowest BCUT2D eigenvalue weighted by Crippen LogP contribution is -2.46. The molecule has 3 atom stereocenters. The summed E-state index contributed by atoms with van der Waals surface area (Å²) in [6.45, 7) is 11.7. The third-order valence-electron chi connectivity index (χ3n) is 9.64. The van der Waals surface area contributed by atoms with Gasteiger partial charge in [0.1, 0.15) is 24.5 Å². The van der Waals surface area contributed by atoms with Gasteiger partial charge in [-0.15, -0.1) is 0 Å². The van der Waals surface area contributed by atoms with E-state index >= 15 is 0 Å². The van der Waals surface area contributed by atoms with E-state index in [1.165, 1.54) is 6.20 Å². The zero-order chi connectivity index (χ0) is 33.8. The quantitative estimate of drug-likeness (QED) is 0.270. The summed E-state index contributed by atoms with van der Waals surface area (Å²) in [4.78, 5) is 33.0. The summed E-state index contributed by atoms with van der Waals surface area (Å²) in [6.07, 6.45) is 15.5. The van der Waals surface area contributed by atoms with Gasteiger partial charge in [0, 0.05) is 37.6 Å². The number of pyridine rings is 1. The highest BCUT2D eigenvalue weighted by Crippen LogP contribution is 2.37. The molecule has 2 aliphatic heterocycles. The highest BCUT2D eigenvalue weighted by Gasteiger charge is 2.36. The summed E-state index contributed by atoms with van der Waals surface area (Å²) in [6, 6.07) is 9.47. The summed E-state index contributed by atoms with van der Waals surface area (Å²) in [5, 5.41) is 19.2. The number of hydrogen-bond acceptors (Lipinski definition) is 6. The number of ether oxygens (including phenoxy) is 1. The number of amides is 1. The number of nitrogens with zero attached hydrogens (tertiary/aromatic N) is 4. The molecule has 2 fully saturated rings. The normalized spacial score (nSPS) is 23.2. The minimum absolute atomic E-state index is 0.0568. The fourth-order valence-electron chi connectivity index (χ4n) is 6.73. The third-order valence-corrected chi connectivity index (χ3v) is 9.64. The van der Waals surface area contributed by atoms with E-state index in [0.717, 1.165) is 59.3 Å². The number of aromatic nitrogens is 1. The average Bonchev–Trinajstić information content (AvgIpc) is 3.94. The predicted octanol–water partition coefficient (Wildman–Crippen LogP) is 5.45. The topological polar surface area (TPSA) is 118 Å². The Bertz CT molecular complexity index is 1820. The fourth-order valence-corrected chi connectivity index (χ4v) is 6.73. The second kappa shape index (κ2) is 14.4. The molecule has 246 valence electrons. The third kappa shape index (κ3) is 7.24. The molecule has 1 aromatic carbocycles. The number of nitriles is 1. The molecule has 2 saturated heterocycles. The fraction of sp³-hybridized carbons (Fsp3) is 0.359. The molecule has 2 aliphatic carbocycles. The van der Waals surface area contributed by atoms with Gasteiger partial charge < -0.3 is 14.7 Å². The first-order chi connectivity index (χ1) is 23.2. The Morgan fingerprint density at radius 2 is 2.02 bits per heavy atom. The molecule has 0 bridgehead atoms. The van der Waals surface area contributed by atoms with Crippen LogP contribution in [0.4, 0.5) is 0 Å². The maximum absolute atomic E-state index is 12.9. The lowest BCUT2D eigenvalue weighted by Gasteiger charge is -2.33. The molecule has 3 heterocycles. The van der Waals surface area contributed by atoms with Crippen LogP contribution in [0, 0.1) is 30.1 Å². The van der Waals surface area contributed by atoms with Crippen LogP contribution in [-0.2, 0) is 32.0 Å². The number of allylic oxidation sites excluding steroid dienone is 5. The van der Waals surface area contributed by atoms with Crippen molar-refractivity contribution in [2.45, 2.75) is 52.4 Å². The number of aliphatic carboxylic acids is 1. The smallest absolute Gasteiger partial charge is 0.352 e. The molecule has 1 amide bonds. The van der Waals surface area contributed by atoms with E-state index in [-0.39, 0.29) is 24.3 Å². The van der Waals surface area contributed by atoms with Crippen molar-refractivity contribution < 1.29 is 23.9 Å². The van der Waals surface area contributed by atoms with Crippen LogP contribution in [-0.4, -0.2) is 69.8 Å². The van der Waals surface area contributed by atoms with Gasteiger partial charge in [-0.2, -0.15) is 5.26 Å². The molecule has 2 aromatic rings. The Morgan fingerprint density at radius 1 is 1.19 bits per heavy atom. The Labute approximate surface area is 281 Å². The number of rotatable bonds is 10. The van der Waals surface area contributed by atoms with Crippen molar-refractivity contribution in [2.75, 3.05) is 26.2 Å². The summed E-state index contributed by atoms with van der Waals surface area (Å²) in [5.74, 6) is 0.399. The van der Waals surface area contributed by atoms with Gasteiger partial charge in [0.05, 0.1) is 28.7 Å². The molecule has 1 N–H and O–H groups in total. The van der Waals surface area contributed by atoms with E-state index in [2.05, 4.69) is 43.6 Å². The van der Waals surface area contributed by atoms with Gasteiger partial charge in [-0.1, -0.05) is 56.4 Å². The van der Waals surface area contributed by atoms with Gasteiger partial charge in [-0.05, 0) is 66.6 Å². The monoisotopic (exact) mass is 645 g/mol. The molecule has 1 aromatic heterocycles. The van der Waals surface area contributed by atoms with E-state index in [1.54, 1.807) is 12.3 Å². The van der Waals surface area contributed by atoms with Gasteiger partial charge in [0.25, 0.3) is 6.61 Å². The summed E-state index contributed by atoms with van der Waals surface area (Å²) >= 11 is 0. The number of carboxylic acids is 1. The maximum Gasteiger partial charge on any atom is 0.352 e. The van der Waals surface area contributed by atoms with Crippen molar-refractivity contribution >= 4 is 23.2 Å². The molecule has 0 spiro atoms. The van der Waals surface area contributed by atoms with Gasteiger partial charge in [0.2, 0.25) is 5.91 Å². The van der Waals surface area contributed by atoms with E-state index in [9.17, 15) is 20.0 Å². The SMILES string of the molecule is C=C1C=C(CN2CCCC[C@H]2C(=O)O)C(=[O+]Cc2cncc(C#N)c2)C=C1OCc1cccc(C2=CC=CC(C(=O)N3CC3)C2C)c1C. The van der Waals surface area contributed by atoms with Crippen molar-refractivity contribution in [1.82, 2.24) is 14.8 Å². The maximum atomic E-state index is 12.9. The molecule has 0 saturated carbocycles. The first kappa shape index (κ1) is 32.9. The number of hydrogen-bond donors (Lipinski definition) is 1. The number of likely N-dealkylation sites (tertiary alicyclic amines) is 1. The molecule has 6 rings (SSSR count). The molecule has 48 heavy (non-hydrogen) atoms. The number of piperidine rings is 1. The largest absolute Gasteiger partial charge is 0.488 e. The van der Waals surface area contributed by atoms with Crippen molar-refractivity contribution in [1.29, 1.82) is 5.26 Å². The first-order valence-corrected chi connectivity index (χ1v) is 16.5. The van der Waals surface area contributed by atoms with Crippen LogP contribution in [0.2, 0.25) is 0 Å². The summed E-state index contributed by atoms with van der Waals surface area (Å²) in [5.41, 5.74) is 7.05. The highest BCUT2D eigenvalue weighted by atomic mass is 16.5. The standard InChI is InChI=1S/C39H40N4O5/c1-25-16-31(22-43-13-5-4-12-35(43)39(45)46)37(47-23-29-17-28(19-40)20-41-21-29)18-36(25)48-24-30-8-6-9-32(26(30)2)33-10-7-11-34(27(33)3)38(44)42-14-15-42/h6-11,16-18,20-21,27,34-35H,1,4-5,12-15,22-24H2,2-3H3/p+1/t27?,34?,35-/m0/s1. The lowest BCUT2D eigenvalue weighted by molar-refractivity contribution is -0.474. The Morgan fingerprint density at radius 3 is 2.79 bits per heavy atom. The van der Waals surface area contributed by atoms with Crippen LogP contribution < -0.4 is 0 Å². The Hall–Kier alpha value is -5.07. The second-order valence-corrected chi connectivity index (χ2v) is 12.9. The number of carbonyl (C=O) groups excluding carboxylic acids is 2. The van der Waals surface area contributed by atoms with Crippen LogP contribution in [0.15, 0.2) is 90.5 Å². The van der Waals surface area contributed by atoms with Gasteiger partial charge in [-0.3, -0.25) is 19.5 Å². The summed E-state index contributed by atoms with van der Waals surface area (Å²) in [7, 11) is 0. The molecule has 9 nitrogen and oxygen atoms in total. The molecular formula is C39H41N4O5+. The van der Waals surface area contributed by atoms with Crippen LogP contribution in [0.1, 0.15) is 54.0 Å². The zero-order valence-corrected chi connectivity index (χ0v) is 27.5. The van der Waals surface area contributed by atoms with E-state index < -0.39 is 12.0 Å². The molecule has 0 radical (unpaired) electrons. The minimum atomic E-state index is -0.818.